The molecule has 0 atom stereocenters. The number of nitrogens with zero attached hydrogens (tertiary/aromatic N) is 5. The van der Waals surface area contributed by atoms with Crippen LogP contribution in [0.5, 0.6) is 0 Å². The van der Waals surface area contributed by atoms with Gasteiger partial charge in [0.05, 0.1) is 22.7 Å². The van der Waals surface area contributed by atoms with Crippen molar-refractivity contribution in [3.05, 3.63) is 218 Å². The van der Waals surface area contributed by atoms with Gasteiger partial charge in [0.25, 0.3) is 0 Å². The maximum atomic E-state index is 9.76. The lowest BCUT2D eigenvalue weighted by Crippen LogP contribution is -2.00. The van der Waals surface area contributed by atoms with Gasteiger partial charge < -0.3 is 4.57 Å². The van der Waals surface area contributed by atoms with Gasteiger partial charge >= 0.3 is 0 Å². The molecule has 12 rings (SSSR count). The molecule has 0 aliphatic heterocycles. The van der Waals surface area contributed by atoms with Gasteiger partial charge in [-0.1, -0.05) is 170 Å². The number of nitriles is 1. The maximum Gasteiger partial charge on any atom is 0.164 e. The highest BCUT2D eigenvalue weighted by molar-refractivity contribution is 6.23. The first-order chi connectivity index (χ1) is 31.2. The highest BCUT2D eigenvalue weighted by Gasteiger charge is 2.19. The van der Waals surface area contributed by atoms with E-state index in [0.29, 0.717) is 23.0 Å². The summed E-state index contributed by atoms with van der Waals surface area (Å²) in [6.07, 6.45) is 0. The Balaban J connectivity index is 1.01. The van der Waals surface area contributed by atoms with Gasteiger partial charge in [-0.05, 0) is 97.0 Å². The summed E-state index contributed by atoms with van der Waals surface area (Å²) in [6.45, 7) is 0. The first-order valence-electron chi connectivity index (χ1n) is 21.1. The smallest absolute Gasteiger partial charge is 0.164 e. The van der Waals surface area contributed by atoms with Crippen LogP contribution in [0.3, 0.4) is 0 Å². The van der Waals surface area contributed by atoms with Crippen molar-refractivity contribution in [1.29, 1.82) is 5.26 Å². The minimum Gasteiger partial charge on any atom is -0.309 e. The van der Waals surface area contributed by atoms with Crippen LogP contribution in [-0.2, 0) is 0 Å². The molecular formula is C58H35N5. The minimum absolute atomic E-state index is 0.638. The summed E-state index contributed by atoms with van der Waals surface area (Å²) in [4.78, 5) is 15.3. The number of aromatic nitrogens is 4. The molecule has 0 saturated carbocycles. The number of hydrogen-bond acceptors (Lipinski definition) is 4. The monoisotopic (exact) mass is 801 g/mol. The molecule has 0 spiro atoms. The van der Waals surface area contributed by atoms with Crippen molar-refractivity contribution in [2.24, 2.45) is 0 Å². The summed E-state index contributed by atoms with van der Waals surface area (Å²) in [7, 11) is 0. The summed E-state index contributed by atoms with van der Waals surface area (Å²) in [6, 6.07) is 76.5. The molecule has 5 nitrogen and oxygen atoms in total. The lowest BCUT2D eigenvalue weighted by atomic mass is 9.88. The van der Waals surface area contributed by atoms with Crippen LogP contribution in [0.2, 0.25) is 0 Å². The first kappa shape index (κ1) is 36.2. The summed E-state index contributed by atoms with van der Waals surface area (Å²) >= 11 is 0. The van der Waals surface area contributed by atoms with Gasteiger partial charge in [0.1, 0.15) is 0 Å². The second-order valence-electron chi connectivity index (χ2n) is 15.9. The Morgan fingerprint density at radius 1 is 0.317 bits per heavy atom. The van der Waals surface area contributed by atoms with Gasteiger partial charge in [0, 0.05) is 33.2 Å². The van der Waals surface area contributed by atoms with E-state index < -0.39 is 0 Å². The molecule has 63 heavy (non-hydrogen) atoms. The minimum atomic E-state index is 0.638. The van der Waals surface area contributed by atoms with E-state index >= 15 is 0 Å². The fourth-order valence-corrected chi connectivity index (χ4v) is 9.27. The van der Waals surface area contributed by atoms with Crippen LogP contribution in [0.15, 0.2) is 212 Å². The average molecular weight is 802 g/mol. The van der Waals surface area contributed by atoms with E-state index in [1.165, 1.54) is 21.7 Å². The predicted molar refractivity (Wildman–Crippen MR) is 259 cm³/mol. The van der Waals surface area contributed by atoms with E-state index in [0.717, 1.165) is 77.0 Å². The Morgan fingerprint density at radius 2 is 0.778 bits per heavy atom. The highest BCUT2D eigenvalue weighted by atomic mass is 15.0. The molecule has 0 unspecified atom stereocenters. The van der Waals surface area contributed by atoms with Gasteiger partial charge in [0.15, 0.2) is 17.5 Å². The molecule has 292 valence electrons. The predicted octanol–water partition coefficient (Wildman–Crippen LogP) is 14.6. The van der Waals surface area contributed by atoms with Gasteiger partial charge in [-0.2, -0.15) is 5.26 Å². The Labute approximate surface area is 363 Å². The quantitative estimate of drug-likeness (QED) is 0.157. The second kappa shape index (κ2) is 14.8. The van der Waals surface area contributed by atoms with E-state index in [-0.39, 0.29) is 0 Å². The van der Waals surface area contributed by atoms with E-state index in [4.69, 9.17) is 15.0 Å². The first-order valence-corrected chi connectivity index (χ1v) is 21.1. The molecule has 0 bridgehead atoms. The van der Waals surface area contributed by atoms with Gasteiger partial charge in [0.2, 0.25) is 0 Å². The second-order valence-corrected chi connectivity index (χ2v) is 15.9. The van der Waals surface area contributed by atoms with Crippen molar-refractivity contribution in [3.63, 3.8) is 0 Å². The average Bonchev–Trinajstić information content (AvgIpc) is 3.69. The fourth-order valence-electron chi connectivity index (χ4n) is 9.27. The number of rotatable bonds is 6. The molecule has 12 aromatic rings. The molecular weight excluding hydrogens is 767 g/mol. The third-order valence-corrected chi connectivity index (χ3v) is 12.3. The van der Waals surface area contributed by atoms with Crippen molar-refractivity contribution < 1.29 is 0 Å². The lowest BCUT2D eigenvalue weighted by Gasteiger charge is -2.16. The molecule has 0 fully saturated rings. The topological polar surface area (TPSA) is 67.4 Å². The summed E-state index contributed by atoms with van der Waals surface area (Å²) in [5, 5.41) is 18.9. The van der Waals surface area contributed by atoms with Crippen LogP contribution < -0.4 is 0 Å². The Bertz CT molecular complexity index is 3720. The van der Waals surface area contributed by atoms with Crippen LogP contribution in [0, 0.1) is 11.3 Å². The third kappa shape index (κ3) is 6.12. The Kier molecular flexibility index (Phi) is 8.48. The number of fused-ring (bicyclic) bond motifs is 8. The van der Waals surface area contributed by atoms with E-state index in [1.54, 1.807) is 0 Å². The van der Waals surface area contributed by atoms with Crippen molar-refractivity contribution in [1.82, 2.24) is 19.5 Å². The molecule has 0 saturated heterocycles. The number of benzene rings is 10. The third-order valence-electron chi connectivity index (χ3n) is 12.3. The summed E-state index contributed by atoms with van der Waals surface area (Å²) in [5.74, 6) is 1.92. The van der Waals surface area contributed by atoms with E-state index in [9.17, 15) is 5.26 Å². The molecule has 0 aliphatic rings. The summed E-state index contributed by atoms with van der Waals surface area (Å²) < 4.78 is 2.27. The van der Waals surface area contributed by atoms with Gasteiger partial charge in [-0.25, -0.2) is 15.0 Å². The molecule has 0 N–H and O–H groups in total. The molecule has 0 aliphatic carbocycles. The van der Waals surface area contributed by atoms with Crippen LogP contribution in [0.4, 0.5) is 0 Å². The zero-order valence-corrected chi connectivity index (χ0v) is 33.9. The SMILES string of the molecule is N#Cc1ccc2c3ccc(-c4ccc(-c5cc6c7ccccc7c(-c7nc(-c8ccccc8)nc(-c8ccccc8)n7)cc6c6ccccc56)cc4)cc3n(-c3ccccc3)c2c1. The maximum absolute atomic E-state index is 9.76. The molecule has 10 aromatic carbocycles. The molecule has 5 heteroatoms. The number of hydrogen-bond donors (Lipinski definition) is 0. The van der Waals surface area contributed by atoms with Gasteiger partial charge in [-0.3, -0.25) is 0 Å². The summed E-state index contributed by atoms with van der Waals surface area (Å²) in [5.41, 5.74) is 11.2. The van der Waals surface area contributed by atoms with E-state index in [2.05, 4.69) is 144 Å². The normalized spacial score (nSPS) is 11.5. The highest BCUT2D eigenvalue weighted by Crippen LogP contribution is 2.42. The van der Waals surface area contributed by atoms with Crippen molar-refractivity contribution in [3.8, 4) is 68.2 Å². The van der Waals surface area contributed by atoms with Crippen LogP contribution in [0.25, 0.3) is 116 Å². The standard InChI is InChI=1S/C58H35N5/c59-36-37-24-30-48-49-31-29-42(33-55(49)63(54(48)32-37)43-18-8-3-9-19-43)38-25-27-39(28-26-38)50-34-51-46-22-12-13-23-47(46)53(35-52(51)45-21-11-10-20-44(45)50)58-61-56(40-14-4-1-5-15-40)60-57(62-58)41-16-6-2-7-17-41/h1-35H. The van der Waals surface area contributed by atoms with Crippen molar-refractivity contribution >= 4 is 54.1 Å². The molecule has 2 aromatic heterocycles. The van der Waals surface area contributed by atoms with Crippen molar-refractivity contribution in [2.75, 3.05) is 0 Å². The van der Waals surface area contributed by atoms with Gasteiger partial charge in [-0.15, -0.1) is 0 Å². The Morgan fingerprint density at radius 3 is 1.38 bits per heavy atom. The zero-order valence-electron chi connectivity index (χ0n) is 33.9. The number of para-hydroxylation sites is 1. The molecule has 0 radical (unpaired) electrons. The molecule has 2 heterocycles. The van der Waals surface area contributed by atoms with Crippen LogP contribution in [0.1, 0.15) is 5.56 Å². The van der Waals surface area contributed by atoms with E-state index in [1.807, 2.05) is 78.9 Å². The van der Waals surface area contributed by atoms with Crippen LogP contribution in [-0.4, -0.2) is 19.5 Å². The zero-order chi connectivity index (χ0) is 41.9. The molecule has 0 amide bonds. The van der Waals surface area contributed by atoms with Crippen molar-refractivity contribution in [2.45, 2.75) is 0 Å². The lowest BCUT2D eigenvalue weighted by molar-refractivity contribution is 1.08. The van der Waals surface area contributed by atoms with Crippen LogP contribution >= 0.6 is 0 Å². The fraction of sp³-hybridized carbons (Fsp3) is 0. The Hall–Kier alpha value is -8.72. The largest absolute Gasteiger partial charge is 0.309 e.